The third kappa shape index (κ3) is 2.07. The van der Waals surface area contributed by atoms with Gasteiger partial charge in [0.2, 0.25) is 0 Å². The summed E-state index contributed by atoms with van der Waals surface area (Å²) in [6.07, 6.45) is 15.5. The van der Waals surface area contributed by atoms with E-state index in [-0.39, 0.29) is 34.5 Å². The molecule has 0 radical (unpaired) electrons. The number of hydrogen-bond acceptors (Lipinski definition) is 4. The highest BCUT2D eigenvalue weighted by Crippen LogP contribution is 2.70. The van der Waals surface area contributed by atoms with E-state index in [4.69, 9.17) is 0 Å². The van der Waals surface area contributed by atoms with Crippen LogP contribution < -0.4 is 0 Å². The Labute approximate surface area is 189 Å². The molecule has 0 saturated heterocycles. The van der Waals surface area contributed by atoms with Crippen molar-refractivity contribution in [1.82, 2.24) is 0 Å². The Kier molecular flexibility index (Phi) is 3.92. The van der Waals surface area contributed by atoms with Crippen LogP contribution in [-0.2, 0) is 19.2 Å². The molecule has 8 rings (SSSR count). The lowest BCUT2D eigenvalue weighted by Crippen LogP contribution is -2.44. The molecule has 4 nitrogen and oxygen atoms in total. The molecule has 8 atom stereocenters. The van der Waals surface area contributed by atoms with Gasteiger partial charge in [-0.25, -0.2) is 0 Å². The quantitative estimate of drug-likeness (QED) is 0.526. The Bertz CT molecular complexity index is 950. The lowest BCUT2D eigenvalue weighted by molar-refractivity contribution is -0.135. The molecule has 0 aromatic carbocycles. The Hall–Kier alpha value is -1.84. The van der Waals surface area contributed by atoms with Crippen LogP contribution >= 0.6 is 0 Å². The molecule has 0 aromatic heterocycles. The third-order valence-corrected chi connectivity index (χ3v) is 11.3. The van der Waals surface area contributed by atoms with Crippen molar-refractivity contribution in [3.8, 4) is 0 Å². The summed E-state index contributed by atoms with van der Waals surface area (Å²) in [4.78, 5) is 48.4. The predicted molar refractivity (Wildman–Crippen MR) is 117 cm³/mol. The Morgan fingerprint density at radius 1 is 0.531 bits per heavy atom. The number of rotatable bonds is 0. The fraction of sp³-hybridized carbons (Fsp3) is 0.714. The van der Waals surface area contributed by atoms with Gasteiger partial charge in [0.1, 0.15) is 23.1 Å². The second-order valence-corrected chi connectivity index (χ2v) is 11.8. The van der Waals surface area contributed by atoms with Gasteiger partial charge in [-0.05, 0) is 63.2 Å². The van der Waals surface area contributed by atoms with Crippen molar-refractivity contribution >= 4 is 23.1 Å². The van der Waals surface area contributed by atoms with Crippen molar-refractivity contribution in [1.29, 1.82) is 0 Å². The largest absolute Gasteiger partial charge is 0.299 e. The molecule has 6 fully saturated rings. The number of carbonyl (C=O) groups excluding carboxylic acids is 4. The molecule has 8 aliphatic rings. The summed E-state index contributed by atoms with van der Waals surface area (Å²) in [6.45, 7) is 0. The lowest BCUT2D eigenvalue weighted by atomic mass is 9.59. The summed E-state index contributed by atoms with van der Waals surface area (Å²) in [6, 6.07) is 0. The molecule has 32 heavy (non-hydrogen) atoms. The Balaban J connectivity index is 0.000000113. The fourth-order valence-corrected chi connectivity index (χ4v) is 10.4. The SMILES string of the molecule is O=C1C[C@H]2CCC3=CC[C@H]4C(=O)CC[C@H]1[C@]324.O=C1C[C@H]2CCC3=CC[C@H]4C(=O)CC[C@H]1[C@]324. The van der Waals surface area contributed by atoms with Crippen molar-refractivity contribution < 1.29 is 19.2 Å². The molecule has 0 aromatic rings. The maximum atomic E-state index is 12.1. The standard InChI is InChI=1S/2C14H16O2/c2*15-12-6-5-11-13(16)7-9-2-1-8-3-4-10(12)14(8,9)11/h2*3,9-11H,1-2,4-7H2/t2*9-,10+,11-,14-/m11/s1. The molecule has 0 N–H and O–H groups in total. The van der Waals surface area contributed by atoms with Crippen molar-refractivity contribution in [2.24, 2.45) is 46.3 Å². The van der Waals surface area contributed by atoms with Crippen LogP contribution in [0.15, 0.2) is 23.3 Å². The zero-order valence-electron chi connectivity index (χ0n) is 18.7. The predicted octanol–water partition coefficient (Wildman–Crippen LogP) is 4.56. The summed E-state index contributed by atoms with van der Waals surface area (Å²) in [5.74, 6) is 3.56. The average molecular weight is 433 g/mol. The summed E-state index contributed by atoms with van der Waals surface area (Å²) in [5, 5.41) is 0. The Morgan fingerprint density at radius 3 is 1.41 bits per heavy atom. The monoisotopic (exact) mass is 432 g/mol. The molecule has 0 heterocycles. The van der Waals surface area contributed by atoms with Gasteiger partial charge >= 0.3 is 0 Å². The molecule has 2 spiro atoms. The minimum atomic E-state index is 0.0341. The molecule has 0 amide bonds. The van der Waals surface area contributed by atoms with Gasteiger partial charge in [-0.1, -0.05) is 23.3 Å². The van der Waals surface area contributed by atoms with Crippen LogP contribution in [0.2, 0.25) is 0 Å². The number of allylic oxidation sites excluding steroid dienone is 4. The summed E-state index contributed by atoms with van der Waals surface area (Å²) in [7, 11) is 0. The molecular weight excluding hydrogens is 400 g/mol. The van der Waals surface area contributed by atoms with Gasteiger partial charge in [-0.3, -0.25) is 19.2 Å². The molecule has 4 heteroatoms. The van der Waals surface area contributed by atoms with Crippen LogP contribution in [0.3, 0.4) is 0 Å². The van der Waals surface area contributed by atoms with E-state index in [1.165, 1.54) is 11.1 Å². The summed E-state index contributed by atoms with van der Waals surface area (Å²) >= 11 is 0. The van der Waals surface area contributed by atoms with Crippen LogP contribution in [-0.4, -0.2) is 23.1 Å². The number of hydrogen-bond donors (Lipinski definition) is 0. The van der Waals surface area contributed by atoms with Crippen molar-refractivity contribution in [3.63, 3.8) is 0 Å². The maximum Gasteiger partial charge on any atom is 0.137 e. The zero-order chi connectivity index (χ0) is 21.8. The van der Waals surface area contributed by atoms with Crippen molar-refractivity contribution in [2.75, 3.05) is 0 Å². The lowest BCUT2D eigenvalue weighted by Gasteiger charge is -2.42. The normalized spacial score (nSPS) is 49.2. The van der Waals surface area contributed by atoms with Crippen LogP contribution in [0.25, 0.3) is 0 Å². The smallest absolute Gasteiger partial charge is 0.137 e. The number of ketones is 4. The molecular formula is C28H32O4. The first kappa shape index (κ1) is 19.6. The molecule has 6 saturated carbocycles. The first-order valence-electron chi connectivity index (χ1n) is 13.0. The first-order valence-corrected chi connectivity index (χ1v) is 13.0. The third-order valence-electron chi connectivity index (χ3n) is 11.3. The van der Waals surface area contributed by atoms with E-state index in [2.05, 4.69) is 12.2 Å². The highest BCUT2D eigenvalue weighted by molar-refractivity contribution is 5.94. The van der Waals surface area contributed by atoms with Gasteiger partial charge in [0.05, 0.1) is 0 Å². The highest BCUT2D eigenvalue weighted by atomic mass is 16.1. The zero-order valence-corrected chi connectivity index (χ0v) is 18.7. The first-order chi connectivity index (χ1) is 15.5. The molecule has 0 unspecified atom stereocenters. The van der Waals surface area contributed by atoms with E-state index in [1.54, 1.807) is 0 Å². The van der Waals surface area contributed by atoms with Gasteiger partial charge in [0, 0.05) is 60.2 Å². The molecule has 0 aliphatic heterocycles. The van der Waals surface area contributed by atoms with E-state index < -0.39 is 0 Å². The van der Waals surface area contributed by atoms with Gasteiger partial charge in [0.25, 0.3) is 0 Å². The topological polar surface area (TPSA) is 68.3 Å². The Morgan fingerprint density at radius 2 is 0.969 bits per heavy atom. The summed E-state index contributed by atoms with van der Waals surface area (Å²) < 4.78 is 0. The number of carbonyl (C=O) groups is 4. The van der Waals surface area contributed by atoms with E-state index in [1.807, 2.05) is 0 Å². The molecule has 0 bridgehead atoms. The van der Waals surface area contributed by atoms with Crippen molar-refractivity contribution in [2.45, 2.75) is 77.0 Å². The van der Waals surface area contributed by atoms with E-state index >= 15 is 0 Å². The second-order valence-electron chi connectivity index (χ2n) is 11.8. The van der Waals surface area contributed by atoms with E-state index in [9.17, 15) is 19.2 Å². The van der Waals surface area contributed by atoms with Gasteiger partial charge < -0.3 is 0 Å². The van der Waals surface area contributed by atoms with Crippen LogP contribution in [0, 0.1) is 46.3 Å². The minimum absolute atomic E-state index is 0.0341. The van der Waals surface area contributed by atoms with Crippen LogP contribution in [0.5, 0.6) is 0 Å². The highest BCUT2D eigenvalue weighted by Gasteiger charge is 2.68. The van der Waals surface area contributed by atoms with E-state index in [0.717, 1.165) is 64.2 Å². The van der Waals surface area contributed by atoms with Gasteiger partial charge in [0.15, 0.2) is 0 Å². The maximum absolute atomic E-state index is 12.1. The van der Waals surface area contributed by atoms with E-state index in [0.29, 0.717) is 47.8 Å². The molecule has 168 valence electrons. The van der Waals surface area contributed by atoms with Crippen molar-refractivity contribution in [3.05, 3.63) is 23.3 Å². The van der Waals surface area contributed by atoms with Crippen LogP contribution in [0.4, 0.5) is 0 Å². The van der Waals surface area contributed by atoms with Crippen LogP contribution in [0.1, 0.15) is 77.0 Å². The molecule has 8 aliphatic carbocycles. The second kappa shape index (κ2) is 6.39. The minimum Gasteiger partial charge on any atom is -0.299 e. The average Bonchev–Trinajstić information content (AvgIpc) is 3.55. The van der Waals surface area contributed by atoms with Gasteiger partial charge in [-0.2, -0.15) is 0 Å². The fourth-order valence-electron chi connectivity index (χ4n) is 10.4. The van der Waals surface area contributed by atoms with Gasteiger partial charge in [-0.15, -0.1) is 0 Å². The summed E-state index contributed by atoms with van der Waals surface area (Å²) in [5.41, 5.74) is 3.02. The number of Topliss-reactive ketones (excluding diaryl/α,β-unsaturated/α-hetero) is 4.